The van der Waals surface area contributed by atoms with Crippen LogP contribution in [0, 0.1) is 0 Å². The highest BCUT2D eigenvalue weighted by Gasteiger charge is 2.21. The molecule has 250 valence electrons. The van der Waals surface area contributed by atoms with E-state index >= 15 is 0 Å². The Morgan fingerprint density at radius 1 is 0.278 bits per heavy atom. The molecule has 12 aromatic rings. The van der Waals surface area contributed by atoms with Gasteiger partial charge in [-0.2, -0.15) is 0 Å². The molecule has 0 atom stereocenters. The van der Waals surface area contributed by atoms with Gasteiger partial charge in [0, 0.05) is 21.5 Å². The van der Waals surface area contributed by atoms with E-state index < -0.39 is 0 Å². The van der Waals surface area contributed by atoms with Crippen molar-refractivity contribution in [3.05, 3.63) is 182 Å². The van der Waals surface area contributed by atoms with Crippen LogP contribution in [0.4, 0.5) is 0 Å². The van der Waals surface area contributed by atoms with E-state index in [1.54, 1.807) is 0 Å². The van der Waals surface area contributed by atoms with Gasteiger partial charge in [-0.25, -0.2) is 0 Å². The Hall–Kier alpha value is -7.16. The van der Waals surface area contributed by atoms with Crippen LogP contribution >= 0.6 is 0 Å². The van der Waals surface area contributed by atoms with E-state index in [0.29, 0.717) is 0 Å². The van der Waals surface area contributed by atoms with Crippen molar-refractivity contribution < 1.29 is 8.83 Å². The Morgan fingerprint density at radius 2 is 0.796 bits per heavy atom. The predicted molar refractivity (Wildman–Crippen MR) is 227 cm³/mol. The normalized spacial score (nSPS) is 12.1. The average Bonchev–Trinajstić information content (AvgIpc) is 3.81. The van der Waals surface area contributed by atoms with E-state index in [-0.39, 0.29) is 0 Å². The minimum atomic E-state index is 0.788. The van der Waals surface area contributed by atoms with Crippen LogP contribution in [0.15, 0.2) is 191 Å². The van der Waals surface area contributed by atoms with Gasteiger partial charge in [-0.1, -0.05) is 146 Å². The minimum Gasteiger partial charge on any atom is -0.452 e. The Kier molecular flexibility index (Phi) is 6.09. The van der Waals surface area contributed by atoms with E-state index in [4.69, 9.17) is 8.83 Å². The van der Waals surface area contributed by atoms with Crippen LogP contribution in [0.1, 0.15) is 0 Å². The second-order valence-electron chi connectivity index (χ2n) is 14.3. The van der Waals surface area contributed by atoms with Crippen molar-refractivity contribution in [1.82, 2.24) is 0 Å². The number of fused-ring (bicyclic) bond motifs is 12. The van der Waals surface area contributed by atoms with Crippen molar-refractivity contribution in [2.24, 2.45) is 0 Å². The molecular formula is C52H30O2. The molecule has 0 amide bonds. The molecule has 0 saturated carbocycles. The number of hydrogen-bond acceptors (Lipinski definition) is 2. The van der Waals surface area contributed by atoms with Crippen LogP contribution in [-0.4, -0.2) is 0 Å². The van der Waals surface area contributed by atoms with Crippen molar-refractivity contribution in [3.8, 4) is 33.4 Å². The lowest BCUT2D eigenvalue weighted by atomic mass is 9.85. The molecule has 0 N–H and O–H groups in total. The highest BCUT2D eigenvalue weighted by Crippen LogP contribution is 2.47. The largest absolute Gasteiger partial charge is 0.452 e. The van der Waals surface area contributed by atoms with Gasteiger partial charge < -0.3 is 8.83 Å². The zero-order valence-corrected chi connectivity index (χ0v) is 29.1. The molecule has 0 aliphatic heterocycles. The predicted octanol–water partition coefficient (Wildman–Crippen LogP) is 15.1. The molecule has 54 heavy (non-hydrogen) atoms. The van der Waals surface area contributed by atoms with Gasteiger partial charge in [0.05, 0.1) is 0 Å². The quantitative estimate of drug-likeness (QED) is 0.173. The summed E-state index contributed by atoms with van der Waals surface area (Å²) in [4.78, 5) is 0. The summed E-state index contributed by atoms with van der Waals surface area (Å²) in [5.74, 6) is 0. The third-order valence-corrected chi connectivity index (χ3v) is 11.4. The Bertz CT molecular complexity index is 3440. The van der Waals surface area contributed by atoms with Crippen molar-refractivity contribution in [1.29, 1.82) is 0 Å². The first-order chi connectivity index (χ1) is 26.8. The highest BCUT2D eigenvalue weighted by molar-refractivity contribution is 6.26. The molecule has 2 heteroatoms. The second-order valence-corrected chi connectivity index (χ2v) is 14.3. The van der Waals surface area contributed by atoms with Gasteiger partial charge in [-0.05, 0) is 113 Å². The number of rotatable bonds is 3. The van der Waals surface area contributed by atoms with Gasteiger partial charge in [0.25, 0.3) is 0 Å². The number of hydrogen-bond donors (Lipinski definition) is 0. The fourth-order valence-electron chi connectivity index (χ4n) is 9.06. The summed E-state index contributed by atoms with van der Waals surface area (Å²) in [6, 6.07) is 65.7. The van der Waals surface area contributed by atoms with Crippen molar-refractivity contribution >= 4 is 87.0 Å². The van der Waals surface area contributed by atoms with Gasteiger partial charge in [-0.3, -0.25) is 0 Å². The first-order valence-electron chi connectivity index (χ1n) is 18.5. The van der Waals surface area contributed by atoms with E-state index in [1.165, 1.54) is 70.9 Å². The first kappa shape index (κ1) is 29.4. The molecule has 2 heterocycles. The molecule has 0 radical (unpaired) electrons. The van der Waals surface area contributed by atoms with Crippen molar-refractivity contribution in [2.45, 2.75) is 0 Å². The Morgan fingerprint density at radius 3 is 1.54 bits per heavy atom. The van der Waals surface area contributed by atoms with Gasteiger partial charge in [0.15, 0.2) is 11.2 Å². The van der Waals surface area contributed by atoms with Crippen LogP contribution in [0.25, 0.3) is 120 Å². The zero-order chi connectivity index (χ0) is 35.3. The summed E-state index contributed by atoms with van der Waals surface area (Å²) in [6.45, 7) is 0. The van der Waals surface area contributed by atoms with E-state index in [1.807, 2.05) is 0 Å². The summed E-state index contributed by atoms with van der Waals surface area (Å²) in [7, 11) is 0. The lowest BCUT2D eigenvalue weighted by Crippen LogP contribution is -1.91. The van der Waals surface area contributed by atoms with E-state index in [9.17, 15) is 0 Å². The molecule has 0 saturated heterocycles. The fourth-order valence-corrected chi connectivity index (χ4v) is 9.06. The number of furan rings is 2. The molecule has 0 aliphatic rings. The Labute approximate surface area is 310 Å². The molecule has 0 bridgehead atoms. The average molecular weight is 687 g/mol. The van der Waals surface area contributed by atoms with Crippen molar-refractivity contribution in [2.75, 3.05) is 0 Å². The maximum Gasteiger partial charge on any atom is 0.178 e. The molecular weight excluding hydrogens is 657 g/mol. The minimum absolute atomic E-state index is 0.788. The monoisotopic (exact) mass is 686 g/mol. The smallest absolute Gasteiger partial charge is 0.178 e. The molecule has 2 aromatic heterocycles. The van der Waals surface area contributed by atoms with E-state index in [0.717, 1.165) is 49.4 Å². The molecule has 0 unspecified atom stereocenters. The summed E-state index contributed by atoms with van der Waals surface area (Å²) in [5.41, 5.74) is 10.6. The third kappa shape index (κ3) is 4.17. The van der Waals surface area contributed by atoms with Crippen LogP contribution in [0.3, 0.4) is 0 Å². The second kappa shape index (κ2) is 11.2. The lowest BCUT2D eigenvalue weighted by molar-refractivity contribution is 0.633. The van der Waals surface area contributed by atoms with Crippen LogP contribution in [0.5, 0.6) is 0 Å². The maximum atomic E-state index is 6.63. The molecule has 0 fully saturated rings. The third-order valence-electron chi connectivity index (χ3n) is 11.4. The highest BCUT2D eigenvalue weighted by atomic mass is 16.4. The molecule has 12 rings (SSSR count). The van der Waals surface area contributed by atoms with E-state index in [2.05, 4.69) is 182 Å². The summed E-state index contributed by atoms with van der Waals surface area (Å²) < 4.78 is 13.2. The zero-order valence-electron chi connectivity index (χ0n) is 29.1. The lowest BCUT2D eigenvalue weighted by Gasteiger charge is -2.18. The molecule has 10 aromatic carbocycles. The van der Waals surface area contributed by atoms with Gasteiger partial charge in [-0.15, -0.1) is 0 Å². The standard InChI is InChI=1S/C52H30O2/c1-3-16-36-31(11-1)13-10-22-37(36)33-14-9-15-34(29-33)48-39-18-5-7-20-41(39)49(42-21-8-6-19-40(42)48)35-24-27-46-45(30-35)43-25-26-44-50-38-17-4-2-12-32(38)23-28-47(50)54-52(44)51(43)53-46/h1-30H. The van der Waals surface area contributed by atoms with Crippen molar-refractivity contribution in [3.63, 3.8) is 0 Å². The summed E-state index contributed by atoms with van der Waals surface area (Å²) in [5, 5.41) is 14.1. The fraction of sp³-hybridized carbons (Fsp3) is 0. The van der Waals surface area contributed by atoms with Crippen LogP contribution in [0.2, 0.25) is 0 Å². The summed E-state index contributed by atoms with van der Waals surface area (Å²) >= 11 is 0. The maximum absolute atomic E-state index is 6.63. The van der Waals surface area contributed by atoms with Gasteiger partial charge in [0.1, 0.15) is 11.2 Å². The van der Waals surface area contributed by atoms with Gasteiger partial charge in [0.2, 0.25) is 0 Å². The molecule has 0 aliphatic carbocycles. The molecule has 2 nitrogen and oxygen atoms in total. The van der Waals surface area contributed by atoms with Crippen LogP contribution < -0.4 is 0 Å². The SMILES string of the molecule is c1cc(-c2cccc3ccccc23)cc(-c2c3ccccc3c(-c3ccc4oc5c(ccc6c5oc5ccc7ccccc7c56)c4c3)c3ccccc23)c1. The first-order valence-corrected chi connectivity index (χ1v) is 18.5. The summed E-state index contributed by atoms with van der Waals surface area (Å²) in [6.07, 6.45) is 0. The number of benzene rings is 10. The molecule has 0 spiro atoms. The van der Waals surface area contributed by atoms with Gasteiger partial charge >= 0.3 is 0 Å². The topological polar surface area (TPSA) is 26.3 Å². The van der Waals surface area contributed by atoms with Crippen LogP contribution in [-0.2, 0) is 0 Å². The Balaban J connectivity index is 1.08.